The summed E-state index contributed by atoms with van der Waals surface area (Å²) in [7, 11) is -1.96. The zero-order chi connectivity index (χ0) is 17.6. The summed E-state index contributed by atoms with van der Waals surface area (Å²) in [4.78, 5) is 12.0. The van der Waals surface area contributed by atoms with Crippen molar-refractivity contribution in [2.45, 2.75) is 52.7 Å². The zero-order valence-electron chi connectivity index (χ0n) is 14.5. The van der Waals surface area contributed by atoms with E-state index in [-0.39, 0.29) is 24.5 Å². The maximum absolute atomic E-state index is 12.0. The maximum Gasteiger partial charge on any atom is 0.279 e. The van der Waals surface area contributed by atoms with Gasteiger partial charge in [0.15, 0.2) is 0 Å². The molecule has 0 spiro atoms. The Morgan fingerprint density at radius 3 is 2.22 bits per heavy atom. The Morgan fingerprint density at radius 2 is 1.74 bits per heavy atom. The molecule has 0 heterocycles. The number of rotatable bonds is 8. The molecular formula is C16H27N3O3S. The first kappa shape index (κ1) is 19.6. The van der Waals surface area contributed by atoms with E-state index in [0.717, 1.165) is 12.0 Å². The van der Waals surface area contributed by atoms with E-state index in [2.05, 4.69) is 10.0 Å². The molecule has 1 rings (SSSR count). The van der Waals surface area contributed by atoms with Gasteiger partial charge in [-0.05, 0) is 44.9 Å². The van der Waals surface area contributed by atoms with Gasteiger partial charge >= 0.3 is 0 Å². The molecule has 7 heteroatoms. The first-order valence-electron chi connectivity index (χ1n) is 7.79. The van der Waals surface area contributed by atoms with Crippen LogP contribution >= 0.6 is 0 Å². The molecule has 0 aliphatic heterocycles. The van der Waals surface area contributed by atoms with Crippen molar-refractivity contribution in [3.8, 4) is 0 Å². The van der Waals surface area contributed by atoms with Crippen molar-refractivity contribution in [1.29, 1.82) is 0 Å². The van der Waals surface area contributed by atoms with Crippen molar-refractivity contribution in [2.75, 3.05) is 7.05 Å². The van der Waals surface area contributed by atoms with Gasteiger partial charge in [-0.2, -0.15) is 17.4 Å². The molecule has 6 nitrogen and oxygen atoms in total. The van der Waals surface area contributed by atoms with Crippen molar-refractivity contribution in [2.24, 2.45) is 0 Å². The molecule has 0 aliphatic carbocycles. The van der Waals surface area contributed by atoms with Crippen LogP contribution in [0.5, 0.6) is 0 Å². The van der Waals surface area contributed by atoms with Crippen molar-refractivity contribution >= 4 is 16.1 Å². The van der Waals surface area contributed by atoms with Gasteiger partial charge in [-0.15, -0.1) is 0 Å². The van der Waals surface area contributed by atoms with Crippen molar-refractivity contribution in [3.63, 3.8) is 0 Å². The highest BCUT2D eigenvalue weighted by molar-refractivity contribution is 7.87. The van der Waals surface area contributed by atoms with Crippen LogP contribution in [0.1, 0.15) is 50.0 Å². The zero-order valence-corrected chi connectivity index (χ0v) is 15.3. The monoisotopic (exact) mass is 341 g/mol. The van der Waals surface area contributed by atoms with E-state index in [0.29, 0.717) is 5.56 Å². The minimum Gasteiger partial charge on any atom is -0.350 e. The van der Waals surface area contributed by atoms with E-state index in [1.165, 1.54) is 11.4 Å². The van der Waals surface area contributed by atoms with Crippen LogP contribution < -0.4 is 10.0 Å². The molecule has 0 radical (unpaired) electrons. The number of nitrogens with one attached hydrogen (secondary N) is 2. The summed E-state index contributed by atoms with van der Waals surface area (Å²) >= 11 is 0. The Kier molecular flexibility index (Phi) is 7.18. The number of benzene rings is 1. The fourth-order valence-corrected chi connectivity index (χ4v) is 2.84. The molecule has 0 bridgehead atoms. The average Bonchev–Trinajstić information content (AvgIpc) is 2.52. The normalized spacial score (nSPS) is 13.3. The molecule has 0 saturated heterocycles. The van der Waals surface area contributed by atoms with Crippen molar-refractivity contribution in [3.05, 3.63) is 35.4 Å². The Balaban J connectivity index is 2.66. The highest BCUT2D eigenvalue weighted by Gasteiger charge is 2.19. The van der Waals surface area contributed by atoms with Crippen LogP contribution in [0.25, 0.3) is 0 Å². The minimum absolute atomic E-state index is 0.112. The summed E-state index contributed by atoms with van der Waals surface area (Å²) in [6, 6.07) is 6.92. The predicted molar refractivity (Wildman–Crippen MR) is 92.3 cm³/mol. The SMILES string of the molecule is CC[C@H](C)NC(=O)c1ccc(CNS(=O)(=O)N(C)C(C)C)cc1. The molecule has 130 valence electrons. The fraction of sp³-hybridized carbons (Fsp3) is 0.562. The third-order valence-electron chi connectivity index (χ3n) is 3.77. The molecule has 0 aliphatic rings. The Morgan fingerprint density at radius 1 is 1.17 bits per heavy atom. The lowest BCUT2D eigenvalue weighted by atomic mass is 10.1. The van der Waals surface area contributed by atoms with Gasteiger partial charge in [0.2, 0.25) is 0 Å². The quantitative estimate of drug-likeness (QED) is 0.758. The van der Waals surface area contributed by atoms with Gasteiger partial charge in [-0.3, -0.25) is 4.79 Å². The number of carbonyl (C=O) groups is 1. The molecule has 0 fully saturated rings. The van der Waals surface area contributed by atoms with E-state index in [1.54, 1.807) is 24.3 Å². The van der Waals surface area contributed by atoms with Crippen molar-refractivity contribution < 1.29 is 13.2 Å². The molecule has 2 N–H and O–H groups in total. The van der Waals surface area contributed by atoms with Gasteiger partial charge < -0.3 is 5.32 Å². The second-order valence-corrected chi connectivity index (χ2v) is 7.73. The smallest absolute Gasteiger partial charge is 0.279 e. The molecular weight excluding hydrogens is 314 g/mol. The third-order valence-corrected chi connectivity index (χ3v) is 5.46. The van der Waals surface area contributed by atoms with Crippen LogP contribution in [0.15, 0.2) is 24.3 Å². The first-order chi connectivity index (χ1) is 10.7. The molecule has 1 amide bonds. The van der Waals surface area contributed by atoms with Crippen LogP contribution in [-0.4, -0.2) is 37.8 Å². The van der Waals surface area contributed by atoms with Crippen molar-refractivity contribution in [1.82, 2.24) is 14.3 Å². The molecule has 1 aromatic carbocycles. The standard InChI is InChI=1S/C16H27N3O3S/c1-6-13(4)18-16(20)15-9-7-14(8-10-15)11-17-23(21,22)19(5)12(2)3/h7-10,12-13,17H,6,11H2,1-5H3,(H,18,20)/t13-/m0/s1. The van der Waals surface area contributed by atoms with E-state index in [9.17, 15) is 13.2 Å². The van der Waals surface area contributed by atoms with E-state index >= 15 is 0 Å². The van der Waals surface area contributed by atoms with E-state index in [1.807, 2.05) is 27.7 Å². The van der Waals surface area contributed by atoms with E-state index in [4.69, 9.17) is 0 Å². The summed E-state index contributed by atoms with van der Waals surface area (Å²) in [6.07, 6.45) is 0.870. The van der Waals surface area contributed by atoms with Crippen LogP contribution in [-0.2, 0) is 16.8 Å². The lowest BCUT2D eigenvalue weighted by Crippen LogP contribution is -2.41. The highest BCUT2D eigenvalue weighted by Crippen LogP contribution is 2.07. The number of nitrogens with zero attached hydrogens (tertiary/aromatic N) is 1. The Hall–Kier alpha value is -1.44. The first-order valence-corrected chi connectivity index (χ1v) is 9.23. The minimum atomic E-state index is -3.50. The number of amides is 1. The second kappa shape index (κ2) is 8.42. The van der Waals surface area contributed by atoms with Gasteiger partial charge in [-0.1, -0.05) is 19.1 Å². The Bertz CT molecular complexity index is 612. The number of hydrogen-bond donors (Lipinski definition) is 2. The fourth-order valence-electron chi connectivity index (χ4n) is 1.74. The van der Waals surface area contributed by atoms with Crippen LogP contribution in [0.4, 0.5) is 0 Å². The maximum atomic E-state index is 12.0. The van der Waals surface area contributed by atoms with Gasteiger partial charge in [-0.25, -0.2) is 0 Å². The molecule has 0 aromatic heterocycles. The summed E-state index contributed by atoms with van der Waals surface area (Å²) < 4.78 is 27.9. The summed E-state index contributed by atoms with van der Waals surface area (Å²) in [5.74, 6) is -0.119. The topological polar surface area (TPSA) is 78.5 Å². The summed E-state index contributed by atoms with van der Waals surface area (Å²) in [5, 5.41) is 2.89. The predicted octanol–water partition coefficient (Wildman–Crippen LogP) is 1.89. The molecule has 0 unspecified atom stereocenters. The third kappa shape index (κ3) is 5.93. The average molecular weight is 341 g/mol. The number of hydrogen-bond acceptors (Lipinski definition) is 3. The van der Waals surface area contributed by atoms with E-state index < -0.39 is 10.2 Å². The largest absolute Gasteiger partial charge is 0.350 e. The molecule has 1 aromatic rings. The van der Waals surface area contributed by atoms with Gasteiger partial charge in [0.25, 0.3) is 16.1 Å². The van der Waals surface area contributed by atoms with Gasteiger partial charge in [0.1, 0.15) is 0 Å². The molecule has 23 heavy (non-hydrogen) atoms. The van der Waals surface area contributed by atoms with Crippen LogP contribution in [0.2, 0.25) is 0 Å². The molecule has 0 saturated carbocycles. The highest BCUT2D eigenvalue weighted by atomic mass is 32.2. The summed E-state index contributed by atoms with van der Waals surface area (Å²) in [6.45, 7) is 7.77. The number of carbonyl (C=O) groups excluding carboxylic acids is 1. The summed E-state index contributed by atoms with van der Waals surface area (Å²) in [5.41, 5.74) is 1.36. The van der Waals surface area contributed by atoms with Crippen LogP contribution in [0, 0.1) is 0 Å². The Labute approximate surface area is 139 Å². The second-order valence-electron chi connectivity index (χ2n) is 5.92. The van der Waals surface area contributed by atoms with Gasteiger partial charge in [0.05, 0.1) is 0 Å². The lowest BCUT2D eigenvalue weighted by molar-refractivity contribution is 0.0939. The molecule has 1 atom stereocenters. The lowest BCUT2D eigenvalue weighted by Gasteiger charge is -2.21. The van der Waals surface area contributed by atoms with Gasteiger partial charge in [0, 0.05) is 31.2 Å². The van der Waals surface area contributed by atoms with Crippen LogP contribution in [0.3, 0.4) is 0 Å².